The molecule has 30 heavy (non-hydrogen) atoms. The standard InChI is InChI=1S/C21H30ClN3O4S/c1-16-5-4-12-25(15-16)21(27)17-9-13-24(14-10-17)20(26)8-11-23-30(28,29)19-7-3-2-6-18(19)22/h2-3,6-7,16-17,23H,4-5,8-15H2,1H3. The summed E-state index contributed by atoms with van der Waals surface area (Å²) >= 11 is 5.95. The van der Waals surface area contributed by atoms with Crippen LogP contribution in [-0.4, -0.2) is 62.8 Å². The third-order valence-corrected chi connectivity index (χ3v) is 7.88. The highest BCUT2D eigenvalue weighted by Gasteiger charge is 2.31. The number of halogens is 1. The predicted octanol–water partition coefficient (Wildman–Crippen LogP) is 2.51. The number of likely N-dealkylation sites (tertiary alicyclic amines) is 2. The van der Waals surface area contributed by atoms with Crippen LogP contribution in [0, 0.1) is 11.8 Å². The average molecular weight is 456 g/mol. The molecule has 1 atom stereocenters. The molecule has 0 radical (unpaired) electrons. The van der Waals surface area contributed by atoms with E-state index in [2.05, 4.69) is 11.6 Å². The lowest BCUT2D eigenvalue weighted by atomic mass is 9.92. The van der Waals surface area contributed by atoms with Gasteiger partial charge < -0.3 is 9.80 Å². The van der Waals surface area contributed by atoms with E-state index in [0.29, 0.717) is 31.8 Å². The summed E-state index contributed by atoms with van der Waals surface area (Å²) in [5, 5.41) is 0.145. The minimum atomic E-state index is -3.76. The third kappa shape index (κ3) is 5.74. The highest BCUT2D eigenvalue weighted by molar-refractivity contribution is 7.89. The Bertz CT molecular complexity index is 869. The Morgan fingerprint density at radius 1 is 1.10 bits per heavy atom. The normalized spacial score (nSPS) is 20.9. The first kappa shape index (κ1) is 23.0. The summed E-state index contributed by atoms with van der Waals surface area (Å²) < 4.78 is 27.1. The van der Waals surface area contributed by atoms with Gasteiger partial charge in [0.2, 0.25) is 21.8 Å². The zero-order valence-electron chi connectivity index (χ0n) is 17.3. The molecule has 2 aliphatic heterocycles. The molecule has 3 rings (SSSR count). The van der Waals surface area contributed by atoms with Crippen LogP contribution in [0.15, 0.2) is 29.2 Å². The van der Waals surface area contributed by atoms with Crippen LogP contribution in [0.3, 0.4) is 0 Å². The lowest BCUT2D eigenvalue weighted by Crippen LogP contribution is -2.47. The van der Waals surface area contributed by atoms with Gasteiger partial charge in [0.05, 0.1) is 5.02 Å². The van der Waals surface area contributed by atoms with Crippen molar-refractivity contribution in [1.29, 1.82) is 0 Å². The van der Waals surface area contributed by atoms with Crippen LogP contribution in [-0.2, 0) is 19.6 Å². The van der Waals surface area contributed by atoms with Gasteiger partial charge in [-0.3, -0.25) is 9.59 Å². The summed E-state index contributed by atoms with van der Waals surface area (Å²) in [6.45, 7) is 4.95. The molecule has 0 aliphatic carbocycles. The van der Waals surface area contributed by atoms with E-state index < -0.39 is 10.0 Å². The van der Waals surface area contributed by atoms with E-state index in [1.54, 1.807) is 17.0 Å². The summed E-state index contributed by atoms with van der Waals surface area (Å²) in [5.74, 6) is 0.660. The molecule has 1 aromatic carbocycles. The lowest BCUT2D eigenvalue weighted by molar-refractivity contribution is -0.142. The quantitative estimate of drug-likeness (QED) is 0.714. The van der Waals surface area contributed by atoms with Crippen molar-refractivity contribution in [1.82, 2.24) is 14.5 Å². The molecule has 2 heterocycles. The van der Waals surface area contributed by atoms with E-state index in [9.17, 15) is 18.0 Å². The number of carbonyl (C=O) groups is 2. The van der Waals surface area contributed by atoms with E-state index in [1.807, 2.05) is 4.90 Å². The van der Waals surface area contributed by atoms with E-state index in [0.717, 1.165) is 19.5 Å². The molecule has 7 nitrogen and oxygen atoms in total. The fourth-order valence-electron chi connectivity index (χ4n) is 4.21. The molecular formula is C21H30ClN3O4S. The Morgan fingerprint density at radius 2 is 1.80 bits per heavy atom. The summed E-state index contributed by atoms with van der Waals surface area (Å²) in [7, 11) is -3.76. The van der Waals surface area contributed by atoms with Crippen LogP contribution >= 0.6 is 11.6 Å². The smallest absolute Gasteiger partial charge is 0.242 e. The number of carbonyl (C=O) groups excluding carboxylic acids is 2. The van der Waals surface area contributed by atoms with E-state index in [-0.39, 0.29) is 40.6 Å². The van der Waals surface area contributed by atoms with Crippen LogP contribution in [0.4, 0.5) is 0 Å². The fraction of sp³-hybridized carbons (Fsp3) is 0.619. The Labute approximate surface area is 183 Å². The number of hydrogen-bond donors (Lipinski definition) is 1. The average Bonchev–Trinajstić information content (AvgIpc) is 2.73. The number of piperidine rings is 2. The van der Waals surface area contributed by atoms with Crippen molar-refractivity contribution < 1.29 is 18.0 Å². The topological polar surface area (TPSA) is 86.8 Å². The third-order valence-electron chi connectivity index (χ3n) is 5.92. The van der Waals surface area contributed by atoms with E-state index in [4.69, 9.17) is 11.6 Å². The Kier molecular flexibility index (Phi) is 7.76. The predicted molar refractivity (Wildman–Crippen MR) is 116 cm³/mol. The molecule has 1 aromatic rings. The zero-order valence-corrected chi connectivity index (χ0v) is 18.9. The molecule has 1 N–H and O–H groups in total. The molecule has 2 saturated heterocycles. The van der Waals surface area contributed by atoms with Gasteiger partial charge in [0, 0.05) is 45.1 Å². The minimum Gasteiger partial charge on any atom is -0.343 e. The monoisotopic (exact) mass is 455 g/mol. The molecule has 2 fully saturated rings. The van der Waals surface area contributed by atoms with E-state index in [1.165, 1.54) is 18.6 Å². The minimum absolute atomic E-state index is 0.00507. The Morgan fingerprint density at radius 3 is 2.47 bits per heavy atom. The first-order chi connectivity index (χ1) is 14.3. The maximum Gasteiger partial charge on any atom is 0.242 e. The first-order valence-electron chi connectivity index (χ1n) is 10.6. The van der Waals surface area contributed by atoms with Crippen molar-refractivity contribution in [2.24, 2.45) is 11.8 Å². The number of hydrogen-bond acceptors (Lipinski definition) is 4. The van der Waals surface area contributed by atoms with Gasteiger partial charge >= 0.3 is 0 Å². The maximum absolute atomic E-state index is 12.8. The fourth-order valence-corrected chi connectivity index (χ4v) is 5.76. The highest BCUT2D eigenvalue weighted by Crippen LogP contribution is 2.24. The SMILES string of the molecule is CC1CCCN(C(=O)C2CCN(C(=O)CCNS(=O)(=O)c3ccccc3Cl)CC2)C1. The van der Waals surface area contributed by atoms with Crippen molar-refractivity contribution in [3.8, 4) is 0 Å². The summed E-state index contributed by atoms with van der Waals surface area (Å²) in [4.78, 5) is 29.0. The highest BCUT2D eigenvalue weighted by atomic mass is 35.5. The summed E-state index contributed by atoms with van der Waals surface area (Å²) in [5.41, 5.74) is 0. The van der Waals surface area contributed by atoms with Crippen molar-refractivity contribution in [2.75, 3.05) is 32.7 Å². The molecule has 0 spiro atoms. The van der Waals surface area contributed by atoms with Crippen molar-refractivity contribution >= 4 is 33.4 Å². The van der Waals surface area contributed by atoms with Gasteiger partial charge in [-0.2, -0.15) is 0 Å². The Hall–Kier alpha value is -1.64. The van der Waals surface area contributed by atoms with Crippen LogP contribution < -0.4 is 4.72 Å². The van der Waals surface area contributed by atoms with Gasteiger partial charge in [0.1, 0.15) is 4.90 Å². The summed E-state index contributed by atoms with van der Waals surface area (Å²) in [6.07, 6.45) is 3.65. The molecule has 2 aliphatic rings. The molecule has 9 heteroatoms. The molecule has 0 aromatic heterocycles. The number of amides is 2. The van der Waals surface area contributed by atoms with Gasteiger partial charge in [-0.15, -0.1) is 0 Å². The molecule has 166 valence electrons. The first-order valence-corrected chi connectivity index (χ1v) is 12.4. The van der Waals surface area contributed by atoms with Crippen LogP contribution in [0.25, 0.3) is 0 Å². The maximum atomic E-state index is 12.8. The Balaban J connectivity index is 1.43. The van der Waals surface area contributed by atoms with E-state index >= 15 is 0 Å². The van der Waals surface area contributed by atoms with Gasteiger partial charge in [0.15, 0.2) is 0 Å². The molecular weight excluding hydrogens is 426 g/mol. The number of benzene rings is 1. The van der Waals surface area contributed by atoms with Gasteiger partial charge in [-0.1, -0.05) is 30.7 Å². The molecule has 0 bridgehead atoms. The van der Waals surface area contributed by atoms with Crippen LogP contribution in [0.1, 0.15) is 39.0 Å². The number of nitrogens with one attached hydrogen (secondary N) is 1. The summed E-state index contributed by atoms with van der Waals surface area (Å²) in [6, 6.07) is 6.20. The largest absolute Gasteiger partial charge is 0.343 e. The van der Waals surface area contributed by atoms with Crippen molar-refractivity contribution in [2.45, 2.75) is 43.9 Å². The lowest BCUT2D eigenvalue weighted by Gasteiger charge is -2.37. The van der Waals surface area contributed by atoms with Gasteiger partial charge in [-0.05, 0) is 43.7 Å². The second kappa shape index (κ2) is 10.1. The number of nitrogens with zero attached hydrogens (tertiary/aromatic N) is 2. The van der Waals surface area contributed by atoms with Crippen molar-refractivity contribution in [3.05, 3.63) is 29.3 Å². The number of sulfonamides is 1. The zero-order chi connectivity index (χ0) is 21.7. The molecule has 1 unspecified atom stereocenters. The van der Waals surface area contributed by atoms with Crippen LogP contribution in [0.5, 0.6) is 0 Å². The van der Waals surface area contributed by atoms with Crippen LogP contribution in [0.2, 0.25) is 5.02 Å². The second-order valence-electron chi connectivity index (χ2n) is 8.26. The molecule has 0 saturated carbocycles. The van der Waals surface area contributed by atoms with Gasteiger partial charge in [-0.25, -0.2) is 13.1 Å². The van der Waals surface area contributed by atoms with Gasteiger partial charge in [0.25, 0.3) is 0 Å². The van der Waals surface area contributed by atoms with Crippen molar-refractivity contribution in [3.63, 3.8) is 0 Å². The second-order valence-corrected chi connectivity index (χ2v) is 10.4. The molecule has 2 amide bonds. The number of rotatable bonds is 6.